The van der Waals surface area contributed by atoms with Crippen LogP contribution in [-0.4, -0.2) is 12.7 Å². The Bertz CT molecular complexity index is 694. The van der Waals surface area contributed by atoms with Gasteiger partial charge in [0.05, 0.1) is 6.42 Å². The third kappa shape index (κ3) is 2.70. The van der Waals surface area contributed by atoms with Crippen molar-refractivity contribution < 1.29 is 14.3 Å². The smallest absolute Gasteiger partial charge is 0.231 e. The average molecular weight is 283 g/mol. The van der Waals surface area contributed by atoms with E-state index in [1.54, 1.807) is 0 Å². The zero-order valence-electron chi connectivity index (χ0n) is 12.1. The van der Waals surface area contributed by atoms with Gasteiger partial charge in [-0.25, -0.2) is 0 Å². The van der Waals surface area contributed by atoms with Crippen molar-refractivity contribution in [1.29, 1.82) is 0 Å². The highest BCUT2D eigenvalue weighted by molar-refractivity contribution is 5.93. The van der Waals surface area contributed by atoms with Crippen LogP contribution in [0.2, 0.25) is 0 Å². The molecule has 21 heavy (non-hydrogen) atoms. The van der Waals surface area contributed by atoms with Gasteiger partial charge in [-0.15, -0.1) is 0 Å². The fourth-order valence-corrected chi connectivity index (χ4v) is 2.38. The SMILES string of the molecule is Cc1cccc(NC(=O)Cc2cccc3c2OCO3)c1C. The number of carbonyl (C=O) groups is 1. The summed E-state index contributed by atoms with van der Waals surface area (Å²) in [4.78, 5) is 12.2. The van der Waals surface area contributed by atoms with Crippen molar-refractivity contribution in [3.63, 3.8) is 0 Å². The lowest BCUT2D eigenvalue weighted by molar-refractivity contribution is -0.115. The molecule has 3 rings (SSSR count). The Kier molecular flexibility index (Phi) is 3.52. The van der Waals surface area contributed by atoms with Crippen LogP contribution in [0.3, 0.4) is 0 Å². The molecular formula is C17H17NO3. The molecule has 0 radical (unpaired) electrons. The van der Waals surface area contributed by atoms with Gasteiger partial charge in [0.1, 0.15) is 0 Å². The van der Waals surface area contributed by atoms with Crippen molar-refractivity contribution in [1.82, 2.24) is 0 Å². The molecule has 0 aliphatic carbocycles. The van der Waals surface area contributed by atoms with Gasteiger partial charge >= 0.3 is 0 Å². The lowest BCUT2D eigenvalue weighted by atomic mass is 10.1. The Morgan fingerprint density at radius 1 is 1.14 bits per heavy atom. The van der Waals surface area contributed by atoms with Crippen molar-refractivity contribution >= 4 is 11.6 Å². The van der Waals surface area contributed by atoms with Gasteiger partial charge in [-0.3, -0.25) is 4.79 Å². The van der Waals surface area contributed by atoms with Gasteiger partial charge in [0.2, 0.25) is 12.7 Å². The number of nitrogens with one attached hydrogen (secondary N) is 1. The lowest BCUT2D eigenvalue weighted by Gasteiger charge is -2.11. The average Bonchev–Trinajstić information content (AvgIpc) is 2.93. The van der Waals surface area contributed by atoms with Gasteiger partial charge in [-0.1, -0.05) is 24.3 Å². The Hall–Kier alpha value is -2.49. The summed E-state index contributed by atoms with van der Waals surface area (Å²) in [5.41, 5.74) is 3.94. The van der Waals surface area contributed by atoms with Crippen molar-refractivity contribution in [3.8, 4) is 11.5 Å². The Morgan fingerprint density at radius 3 is 2.81 bits per heavy atom. The lowest BCUT2D eigenvalue weighted by Crippen LogP contribution is -2.15. The normalized spacial score (nSPS) is 12.3. The van der Waals surface area contributed by atoms with Gasteiger partial charge in [0, 0.05) is 11.3 Å². The first-order valence-electron chi connectivity index (χ1n) is 6.88. The molecule has 2 aromatic rings. The summed E-state index contributed by atoms with van der Waals surface area (Å²) in [6.45, 7) is 4.24. The summed E-state index contributed by atoms with van der Waals surface area (Å²) in [5, 5.41) is 2.96. The first kappa shape index (κ1) is 13.5. The number of ether oxygens (including phenoxy) is 2. The van der Waals surface area contributed by atoms with E-state index in [1.165, 1.54) is 0 Å². The second kappa shape index (κ2) is 5.48. The number of hydrogen-bond donors (Lipinski definition) is 1. The molecule has 0 atom stereocenters. The van der Waals surface area contributed by atoms with Gasteiger partial charge in [0.15, 0.2) is 11.5 Å². The van der Waals surface area contributed by atoms with E-state index in [1.807, 2.05) is 50.2 Å². The number of anilines is 1. The Morgan fingerprint density at radius 2 is 1.95 bits per heavy atom. The number of para-hydroxylation sites is 1. The van der Waals surface area contributed by atoms with Crippen LogP contribution in [0.4, 0.5) is 5.69 Å². The first-order chi connectivity index (χ1) is 10.1. The van der Waals surface area contributed by atoms with E-state index in [9.17, 15) is 4.79 Å². The van der Waals surface area contributed by atoms with Crippen LogP contribution < -0.4 is 14.8 Å². The molecule has 0 saturated heterocycles. The highest BCUT2D eigenvalue weighted by Crippen LogP contribution is 2.35. The molecule has 1 aliphatic heterocycles. The van der Waals surface area contributed by atoms with E-state index in [2.05, 4.69) is 5.32 Å². The minimum absolute atomic E-state index is 0.0624. The summed E-state index contributed by atoms with van der Waals surface area (Å²) in [6, 6.07) is 11.5. The monoisotopic (exact) mass is 283 g/mol. The highest BCUT2D eigenvalue weighted by atomic mass is 16.7. The number of benzene rings is 2. The highest BCUT2D eigenvalue weighted by Gasteiger charge is 2.19. The molecular weight excluding hydrogens is 266 g/mol. The molecule has 0 unspecified atom stereocenters. The maximum Gasteiger partial charge on any atom is 0.231 e. The zero-order valence-corrected chi connectivity index (χ0v) is 12.1. The number of rotatable bonds is 3. The zero-order chi connectivity index (χ0) is 14.8. The largest absolute Gasteiger partial charge is 0.454 e. The third-order valence-electron chi connectivity index (χ3n) is 3.71. The molecule has 0 bridgehead atoms. The molecule has 2 aromatic carbocycles. The van der Waals surface area contributed by atoms with Crippen LogP contribution >= 0.6 is 0 Å². The van der Waals surface area contributed by atoms with Crippen molar-refractivity contribution in [2.75, 3.05) is 12.1 Å². The molecule has 0 spiro atoms. The van der Waals surface area contributed by atoms with Crippen LogP contribution in [0.5, 0.6) is 11.5 Å². The third-order valence-corrected chi connectivity index (χ3v) is 3.71. The molecule has 1 heterocycles. The maximum atomic E-state index is 12.2. The van der Waals surface area contributed by atoms with Crippen LogP contribution in [0.15, 0.2) is 36.4 Å². The molecule has 1 N–H and O–H groups in total. The standard InChI is InChI=1S/C17H17NO3/c1-11-5-3-7-14(12(11)2)18-16(19)9-13-6-4-8-15-17(13)21-10-20-15/h3-8H,9-10H2,1-2H3,(H,18,19). The number of amides is 1. The molecule has 4 nitrogen and oxygen atoms in total. The van der Waals surface area contributed by atoms with Crippen LogP contribution in [-0.2, 0) is 11.2 Å². The Labute approximate surface area is 123 Å². The van der Waals surface area contributed by atoms with Crippen LogP contribution in [0, 0.1) is 13.8 Å². The molecule has 1 amide bonds. The summed E-state index contributed by atoms with van der Waals surface area (Å²) in [7, 11) is 0. The molecule has 0 aromatic heterocycles. The van der Waals surface area contributed by atoms with E-state index in [-0.39, 0.29) is 19.1 Å². The van der Waals surface area contributed by atoms with Crippen LogP contribution in [0.25, 0.3) is 0 Å². The number of fused-ring (bicyclic) bond motifs is 1. The molecule has 0 fully saturated rings. The first-order valence-corrected chi connectivity index (χ1v) is 6.88. The molecule has 1 aliphatic rings. The minimum Gasteiger partial charge on any atom is -0.454 e. The van der Waals surface area contributed by atoms with E-state index < -0.39 is 0 Å². The van der Waals surface area contributed by atoms with Crippen molar-refractivity contribution in [3.05, 3.63) is 53.1 Å². The van der Waals surface area contributed by atoms with Crippen LogP contribution in [0.1, 0.15) is 16.7 Å². The molecule has 4 heteroatoms. The molecule has 0 saturated carbocycles. The fourth-order valence-electron chi connectivity index (χ4n) is 2.38. The number of aryl methyl sites for hydroxylation is 1. The second-order valence-corrected chi connectivity index (χ2v) is 5.12. The van der Waals surface area contributed by atoms with Gasteiger partial charge < -0.3 is 14.8 Å². The number of hydrogen-bond acceptors (Lipinski definition) is 3. The van der Waals surface area contributed by atoms with Crippen molar-refractivity contribution in [2.45, 2.75) is 20.3 Å². The van der Waals surface area contributed by atoms with E-state index in [0.29, 0.717) is 11.5 Å². The van der Waals surface area contributed by atoms with Gasteiger partial charge in [-0.05, 0) is 37.1 Å². The molecule has 108 valence electrons. The predicted molar refractivity (Wildman–Crippen MR) is 80.8 cm³/mol. The topological polar surface area (TPSA) is 47.6 Å². The quantitative estimate of drug-likeness (QED) is 0.941. The van der Waals surface area contributed by atoms with E-state index in [0.717, 1.165) is 22.4 Å². The van der Waals surface area contributed by atoms with Gasteiger partial charge in [0.25, 0.3) is 0 Å². The number of carbonyl (C=O) groups excluding carboxylic acids is 1. The predicted octanol–water partition coefficient (Wildman–Crippen LogP) is 3.21. The van der Waals surface area contributed by atoms with Crippen molar-refractivity contribution in [2.24, 2.45) is 0 Å². The minimum atomic E-state index is -0.0624. The van der Waals surface area contributed by atoms with Gasteiger partial charge in [-0.2, -0.15) is 0 Å². The summed E-state index contributed by atoms with van der Waals surface area (Å²) >= 11 is 0. The summed E-state index contributed by atoms with van der Waals surface area (Å²) in [6.07, 6.45) is 0.264. The maximum absolute atomic E-state index is 12.2. The summed E-state index contributed by atoms with van der Waals surface area (Å²) in [5.74, 6) is 1.31. The summed E-state index contributed by atoms with van der Waals surface area (Å²) < 4.78 is 10.7. The van der Waals surface area contributed by atoms with E-state index >= 15 is 0 Å². The Balaban J connectivity index is 1.76. The van der Waals surface area contributed by atoms with E-state index in [4.69, 9.17) is 9.47 Å². The second-order valence-electron chi connectivity index (χ2n) is 5.12. The fraction of sp³-hybridized carbons (Fsp3) is 0.235.